The molecule has 0 saturated heterocycles. The van der Waals surface area contributed by atoms with E-state index in [1.807, 2.05) is 12.1 Å². The van der Waals surface area contributed by atoms with E-state index in [9.17, 15) is 9.59 Å². The molecular weight excluding hydrogens is 370 g/mol. The first-order valence-electron chi connectivity index (χ1n) is 9.92. The van der Waals surface area contributed by atoms with Crippen LogP contribution in [0.25, 0.3) is 10.4 Å². The van der Waals surface area contributed by atoms with Crippen LogP contribution < -0.4 is 5.32 Å². The molecule has 2 aromatic rings. The average molecular weight is 398 g/mol. The number of rotatable bonds is 4. The Morgan fingerprint density at radius 1 is 1.14 bits per heavy atom. The lowest BCUT2D eigenvalue weighted by molar-refractivity contribution is -0.118. The van der Waals surface area contributed by atoms with E-state index in [1.54, 1.807) is 6.92 Å². The Hall–Kier alpha value is -2.14. The number of esters is 1. The fourth-order valence-corrected chi connectivity index (χ4v) is 5.98. The van der Waals surface area contributed by atoms with Crippen molar-refractivity contribution in [3.63, 3.8) is 0 Å². The second-order valence-electron chi connectivity index (χ2n) is 8.86. The highest BCUT2D eigenvalue weighted by atomic mass is 32.1. The summed E-state index contributed by atoms with van der Waals surface area (Å²) >= 11 is 1.50. The van der Waals surface area contributed by atoms with Crippen LogP contribution in [0.15, 0.2) is 24.3 Å². The van der Waals surface area contributed by atoms with E-state index >= 15 is 0 Å². The number of carbonyl (C=O) groups is 2. The Labute approximate surface area is 170 Å². The van der Waals surface area contributed by atoms with Crippen LogP contribution in [0, 0.1) is 16.7 Å². The minimum Gasteiger partial charge on any atom is -0.462 e. The van der Waals surface area contributed by atoms with Crippen molar-refractivity contribution in [2.24, 2.45) is 16.7 Å². The van der Waals surface area contributed by atoms with Gasteiger partial charge in [-0.15, -0.1) is 11.3 Å². The number of nitrogens with one attached hydrogen (secondary N) is 1. The monoisotopic (exact) mass is 397 g/mol. The zero-order valence-electron chi connectivity index (χ0n) is 17.1. The summed E-state index contributed by atoms with van der Waals surface area (Å²) in [6.07, 6.45) is 1.68. The summed E-state index contributed by atoms with van der Waals surface area (Å²) in [5.41, 5.74) is 3.89. The molecule has 1 aromatic heterocycles. The highest BCUT2D eigenvalue weighted by molar-refractivity contribution is 7.20. The normalized spacial score (nSPS) is 18.8. The zero-order chi connectivity index (χ0) is 20.3. The fourth-order valence-electron chi connectivity index (χ4n) is 4.68. The summed E-state index contributed by atoms with van der Waals surface area (Å²) < 4.78 is 5.34. The molecule has 0 spiro atoms. The number of anilines is 1. The first-order valence-corrected chi connectivity index (χ1v) is 10.7. The van der Waals surface area contributed by atoms with E-state index in [0.29, 0.717) is 17.2 Å². The predicted octanol–water partition coefficient (Wildman–Crippen LogP) is 5.31. The number of carbonyl (C=O) groups excluding carboxylic acids is 2. The SMILES string of the molecule is CCOC(=O)c1c(NC(=O)C2C(C)(C)C2(C)C)sc2c1CCc1ccccc1-2. The van der Waals surface area contributed by atoms with Crippen molar-refractivity contribution in [1.82, 2.24) is 0 Å². The predicted molar refractivity (Wildman–Crippen MR) is 113 cm³/mol. The van der Waals surface area contributed by atoms with Crippen molar-refractivity contribution < 1.29 is 14.3 Å². The summed E-state index contributed by atoms with van der Waals surface area (Å²) in [6.45, 7) is 10.6. The van der Waals surface area contributed by atoms with E-state index in [1.165, 1.54) is 16.9 Å². The quantitative estimate of drug-likeness (QED) is 0.711. The summed E-state index contributed by atoms with van der Waals surface area (Å²) in [5, 5.41) is 3.72. The molecule has 28 heavy (non-hydrogen) atoms. The van der Waals surface area contributed by atoms with Crippen molar-refractivity contribution >= 4 is 28.2 Å². The minimum atomic E-state index is -0.344. The van der Waals surface area contributed by atoms with Gasteiger partial charge in [0.1, 0.15) is 5.00 Å². The van der Waals surface area contributed by atoms with Crippen LogP contribution in [0.2, 0.25) is 0 Å². The van der Waals surface area contributed by atoms with Gasteiger partial charge in [0, 0.05) is 10.8 Å². The molecule has 148 valence electrons. The lowest BCUT2D eigenvalue weighted by atomic mass is 9.89. The number of thiophene rings is 1. The van der Waals surface area contributed by atoms with Crippen molar-refractivity contribution in [2.45, 2.75) is 47.5 Å². The van der Waals surface area contributed by atoms with Gasteiger partial charge in [-0.3, -0.25) is 4.79 Å². The number of amides is 1. The highest BCUT2D eigenvalue weighted by Gasteiger charge is 2.68. The van der Waals surface area contributed by atoms with Crippen LogP contribution in [0.3, 0.4) is 0 Å². The molecule has 4 nitrogen and oxygen atoms in total. The number of fused-ring (bicyclic) bond motifs is 3. The number of hydrogen-bond donors (Lipinski definition) is 1. The molecule has 1 fully saturated rings. The molecule has 1 amide bonds. The second-order valence-corrected chi connectivity index (χ2v) is 9.88. The molecule has 4 rings (SSSR count). The lowest BCUT2D eigenvalue weighted by Crippen LogP contribution is -2.19. The van der Waals surface area contributed by atoms with Crippen LogP contribution in [0.4, 0.5) is 5.00 Å². The Balaban J connectivity index is 1.75. The Morgan fingerprint density at radius 2 is 1.82 bits per heavy atom. The maximum Gasteiger partial charge on any atom is 0.341 e. The Bertz CT molecular complexity index is 956. The van der Waals surface area contributed by atoms with Crippen molar-refractivity contribution in [2.75, 3.05) is 11.9 Å². The standard InChI is InChI=1S/C23H27NO3S/c1-6-27-21(26)16-15-12-11-13-9-7-8-10-14(13)17(15)28-20(16)24-19(25)18-22(2,3)23(18,4)5/h7-10,18H,6,11-12H2,1-5H3,(H,24,25). The van der Waals surface area contributed by atoms with Crippen molar-refractivity contribution in [1.29, 1.82) is 0 Å². The number of benzene rings is 1. The topological polar surface area (TPSA) is 55.4 Å². The van der Waals surface area contributed by atoms with Crippen LogP contribution in [0.1, 0.15) is 56.1 Å². The number of aryl methyl sites for hydroxylation is 1. The first kappa shape index (κ1) is 19.2. The van der Waals surface area contributed by atoms with E-state index in [4.69, 9.17) is 4.74 Å². The number of hydrogen-bond acceptors (Lipinski definition) is 4. The van der Waals surface area contributed by atoms with Gasteiger partial charge in [0.05, 0.1) is 12.2 Å². The molecule has 1 aromatic carbocycles. The van der Waals surface area contributed by atoms with Gasteiger partial charge in [-0.1, -0.05) is 52.0 Å². The third-order valence-corrected chi connectivity index (χ3v) is 8.09. The van der Waals surface area contributed by atoms with Gasteiger partial charge >= 0.3 is 5.97 Å². The van der Waals surface area contributed by atoms with Gasteiger partial charge in [-0.2, -0.15) is 0 Å². The second kappa shape index (κ2) is 6.45. The summed E-state index contributed by atoms with van der Waals surface area (Å²) in [6, 6.07) is 8.29. The molecule has 0 atom stereocenters. The molecule has 1 saturated carbocycles. The van der Waals surface area contributed by atoms with Crippen LogP contribution >= 0.6 is 11.3 Å². The third-order valence-electron chi connectivity index (χ3n) is 6.91. The largest absolute Gasteiger partial charge is 0.462 e. The van der Waals surface area contributed by atoms with Crippen LogP contribution in [0.5, 0.6) is 0 Å². The summed E-state index contributed by atoms with van der Waals surface area (Å²) in [4.78, 5) is 26.9. The van der Waals surface area contributed by atoms with Gasteiger partial charge in [-0.25, -0.2) is 4.79 Å². The summed E-state index contributed by atoms with van der Waals surface area (Å²) in [7, 11) is 0. The van der Waals surface area contributed by atoms with E-state index in [2.05, 4.69) is 45.1 Å². The zero-order valence-corrected chi connectivity index (χ0v) is 18.0. The minimum absolute atomic E-state index is 0.00701. The van der Waals surface area contributed by atoms with Gasteiger partial charge < -0.3 is 10.1 Å². The first-order chi connectivity index (χ1) is 13.2. The molecule has 2 aliphatic carbocycles. The third kappa shape index (κ3) is 2.71. The molecule has 1 heterocycles. The lowest BCUT2D eigenvalue weighted by Gasteiger charge is -2.16. The molecule has 0 radical (unpaired) electrons. The van der Waals surface area contributed by atoms with Crippen LogP contribution in [-0.2, 0) is 22.4 Å². The maximum atomic E-state index is 13.0. The smallest absolute Gasteiger partial charge is 0.341 e. The van der Waals surface area contributed by atoms with Crippen molar-refractivity contribution in [3.05, 3.63) is 41.0 Å². The highest BCUT2D eigenvalue weighted by Crippen LogP contribution is 2.68. The molecule has 1 N–H and O–H groups in total. The van der Waals surface area contributed by atoms with Gasteiger partial charge in [0.25, 0.3) is 0 Å². The fraction of sp³-hybridized carbons (Fsp3) is 0.478. The van der Waals surface area contributed by atoms with Gasteiger partial charge in [0.15, 0.2) is 0 Å². The van der Waals surface area contributed by atoms with E-state index < -0.39 is 0 Å². The van der Waals surface area contributed by atoms with Crippen molar-refractivity contribution in [3.8, 4) is 10.4 Å². The number of ether oxygens (including phenoxy) is 1. The van der Waals surface area contributed by atoms with Gasteiger partial charge in [0.2, 0.25) is 5.91 Å². The van der Waals surface area contributed by atoms with E-state index in [-0.39, 0.29) is 28.6 Å². The molecule has 0 aliphatic heterocycles. The Morgan fingerprint density at radius 3 is 2.46 bits per heavy atom. The van der Waals surface area contributed by atoms with Crippen LogP contribution in [-0.4, -0.2) is 18.5 Å². The van der Waals surface area contributed by atoms with Gasteiger partial charge in [-0.05, 0) is 47.3 Å². The molecule has 0 bridgehead atoms. The average Bonchev–Trinajstić information content (AvgIpc) is 2.90. The molecule has 0 unspecified atom stereocenters. The molecular formula is C23H27NO3S. The Kier molecular flexibility index (Phi) is 4.42. The summed E-state index contributed by atoms with van der Waals surface area (Å²) in [5.74, 6) is -0.419. The van der Waals surface area contributed by atoms with E-state index in [0.717, 1.165) is 28.8 Å². The molecule has 5 heteroatoms. The maximum absolute atomic E-state index is 13.0. The molecule has 2 aliphatic rings.